The van der Waals surface area contributed by atoms with Crippen LogP contribution in [0.4, 0.5) is 0 Å². The van der Waals surface area contributed by atoms with Crippen molar-refractivity contribution < 1.29 is 14.3 Å². The van der Waals surface area contributed by atoms with Gasteiger partial charge in [-0.05, 0) is 25.7 Å². The van der Waals surface area contributed by atoms with Crippen LogP contribution in [0.5, 0.6) is 0 Å². The minimum absolute atomic E-state index is 0.180. The summed E-state index contributed by atoms with van der Waals surface area (Å²) in [4.78, 5) is 14.9. The van der Waals surface area contributed by atoms with E-state index in [1.165, 1.54) is 12.8 Å². The zero-order valence-electron chi connectivity index (χ0n) is 12.9. The van der Waals surface area contributed by atoms with Crippen LogP contribution in [0.25, 0.3) is 0 Å². The van der Waals surface area contributed by atoms with Crippen LogP contribution in [0, 0.1) is 0 Å². The maximum absolute atomic E-state index is 12.8. The van der Waals surface area contributed by atoms with Gasteiger partial charge in [-0.25, -0.2) is 0 Å². The number of ether oxygens (including phenoxy) is 2. The van der Waals surface area contributed by atoms with Crippen LogP contribution in [0.15, 0.2) is 0 Å². The molecule has 0 aromatic rings. The summed E-state index contributed by atoms with van der Waals surface area (Å²) in [6.07, 6.45) is 7.88. The first-order valence-electron chi connectivity index (χ1n) is 8.55. The highest BCUT2D eigenvalue weighted by molar-refractivity contribution is 5.77. The number of nitrogens with one attached hydrogen (secondary N) is 1. The van der Waals surface area contributed by atoms with Crippen molar-refractivity contribution in [3.8, 4) is 0 Å². The van der Waals surface area contributed by atoms with Crippen LogP contribution >= 0.6 is 0 Å². The van der Waals surface area contributed by atoms with Crippen LogP contribution in [0.3, 0.4) is 0 Å². The number of morpholine rings is 1. The molecule has 2 atom stereocenters. The molecule has 120 valence electrons. The summed E-state index contributed by atoms with van der Waals surface area (Å²) in [5, 5.41) is 3.39. The lowest BCUT2D eigenvalue weighted by atomic mass is 10.1. The Morgan fingerprint density at radius 1 is 1.14 bits per heavy atom. The molecule has 5 nitrogen and oxygen atoms in total. The number of carbonyl (C=O) groups is 1. The molecule has 2 saturated heterocycles. The monoisotopic (exact) mass is 296 g/mol. The first-order valence-corrected chi connectivity index (χ1v) is 8.55. The molecule has 0 aromatic heterocycles. The van der Waals surface area contributed by atoms with Crippen LogP contribution < -0.4 is 5.32 Å². The van der Waals surface area contributed by atoms with Gasteiger partial charge in [0.15, 0.2) is 0 Å². The number of rotatable bonds is 5. The van der Waals surface area contributed by atoms with Crippen LogP contribution in [-0.4, -0.2) is 61.9 Å². The Labute approximate surface area is 127 Å². The SMILES string of the molecule is O=C(CC1COCCN1)N(CC1CCCO1)C1CCCC1. The van der Waals surface area contributed by atoms with Crippen molar-refractivity contribution in [1.82, 2.24) is 10.2 Å². The summed E-state index contributed by atoms with van der Waals surface area (Å²) in [6, 6.07) is 0.617. The standard InChI is InChI=1S/C16H28N2O3/c19-16(10-13-12-20-9-7-17-13)18(14-4-1-2-5-14)11-15-6-3-8-21-15/h13-15,17H,1-12H2. The average Bonchev–Trinajstić information content (AvgIpc) is 3.19. The fourth-order valence-corrected chi connectivity index (χ4v) is 3.76. The van der Waals surface area contributed by atoms with Crippen molar-refractivity contribution in [3.05, 3.63) is 0 Å². The van der Waals surface area contributed by atoms with Gasteiger partial charge < -0.3 is 19.7 Å². The molecule has 1 N–H and O–H groups in total. The molecule has 3 fully saturated rings. The predicted octanol–water partition coefficient (Wildman–Crippen LogP) is 1.32. The van der Waals surface area contributed by atoms with E-state index in [0.29, 0.717) is 19.1 Å². The number of hydrogen-bond acceptors (Lipinski definition) is 4. The Bertz CT molecular complexity index is 332. The van der Waals surface area contributed by atoms with Crippen molar-refractivity contribution in [2.45, 2.75) is 63.1 Å². The molecular formula is C16H28N2O3. The number of carbonyl (C=O) groups excluding carboxylic acids is 1. The van der Waals surface area contributed by atoms with Gasteiger partial charge in [0.05, 0.1) is 19.3 Å². The molecule has 2 aliphatic heterocycles. The van der Waals surface area contributed by atoms with Crippen molar-refractivity contribution in [1.29, 1.82) is 0 Å². The second-order valence-electron chi connectivity index (χ2n) is 6.55. The third-order valence-electron chi connectivity index (χ3n) is 4.93. The lowest BCUT2D eigenvalue weighted by Gasteiger charge is -2.33. The lowest BCUT2D eigenvalue weighted by molar-refractivity contribution is -0.136. The van der Waals surface area contributed by atoms with E-state index in [-0.39, 0.29) is 18.1 Å². The molecule has 5 heteroatoms. The average molecular weight is 296 g/mol. The van der Waals surface area contributed by atoms with Gasteiger partial charge in [0.2, 0.25) is 5.91 Å². The van der Waals surface area contributed by atoms with Gasteiger partial charge in [-0.15, -0.1) is 0 Å². The second-order valence-corrected chi connectivity index (χ2v) is 6.55. The Morgan fingerprint density at radius 3 is 2.67 bits per heavy atom. The predicted molar refractivity (Wildman–Crippen MR) is 80.2 cm³/mol. The van der Waals surface area contributed by atoms with Gasteiger partial charge in [0.1, 0.15) is 0 Å². The van der Waals surface area contributed by atoms with Crippen LogP contribution in [0.2, 0.25) is 0 Å². The summed E-state index contributed by atoms with van der Waals surface area (Å²) in [5.41, 5.74) is 0. The molecule has 0 spiro atoms. The van der Waals surface area contributed by atoms with Gasteiger partial charge in [-0.1, -0.05) is 12.8 Å². The van der Waals surface area contributed by atoms with Crippen molar-refractivity contribution in [2.75, 3.05) is 32.9 Å². The minimum Gasteiger partial charge on any atom is -0.378 e. The molecular weight excluding hydrogens is 268 g/mol. The quantitative estimate of drug-likeness (QED) is 0.831. The number of hydrogen-bond donors (Lipinski definition) is 1. The number of nitrogens with zero attached hydrogens (tertiary/aromatic N) is 1. The molecule has 1 aliphatic carbocycles. The van der Waals surface area contributed by atoms with Crippen molar-refractivity contribution in [2.24, 2.45) is 0 Å². The smallest absolute Gasteiger partial charge is 0.224 e. The maximum atomic E-state index is 12.8. The molecule has 0 radical (unpaired) electrons. The third-order valence-corrected chi connectivity index (χ3v) is 4.93. The van der Waals surface area contributed by atoms with Crippen LogP contribution in [0.1, 0.15) is 44.9 Å². The topological polar surface area (TPSA) is 50.8 Å². The summed E-state index contributed by atoms with van der Waals surface area (Å²) in [5.74, 6) is 0.278. The summed E-state index contributed by atoms with van der Waals surface area (Å²) < 4.78 is 11.2. The van der Waals surface area contributed by atoms with Crippen molar-refractivity contribution >= 4 is 5.91 Å². The molecule has 1 saturated carbocycles. The highest BCUT2D eigenvalue weighted by Crippen LogP contribution is 2.26. The second kappa shape index (κ2) is 7.56. The fourth-order valence-electron chi connectivity index (χ4n) is 3.76. The molecule has 21 heavy (non-hydrogen) atoms. The largest absolute Gasteiger partial charge is 0.378 e. The van der Waals surface area contributed by atoms with Gasteiger partial charge in [0.25, 0.3) is 0 Å². The first kappa shape index (κ1) is 15.3. The summed E-state index contributed by atoms with van der Waals surface area (Å²) in [6.45, 7) is 3.91. The van der Waals surface area contributed by atoms with E-state index >= 15 is 0 Å². The van der Waals surface area contributed by atoms with Gasteiger partial charge >= 0.3 is 0 Å². The summed E-state index contributed by atoms with van der Waals surface area (Å²) >= 11 is 0. The molecule has 3 aliphatic rings. The maximum Gasteiger partial charge on any atom is 0.224 e. The van der Waals surface area contributed by atoms with E-state index in [2.05, 4.69) is 10.2 Å². The van der Waals surface area contributed by atoms with Crippen molar-refractivity contribution in [3.63, 3.8) is 0 Å². The molecule has 0 bridgehead atoms. The molecule has 2 heterocycles. The van der Waals surface area contributed by atoms with Gasteiger partial charge in [0, 0.05) is 38.2 Å². The van der Waals surface area contributed by atoms with Gasteiger partial charge in [-0.2, -0.15) is 0 Å². The number of amides is 1. The highest BCUT2D eigenvalue weighted by atomic mass is 16.5. The van der Waals surface area contributed by atoms with E-state index in [0.717, 1.165) is 52.0 Å². The Balaban J connectivity index is 1.57. The third kappa shape index (κ3) is 4.18. The van der Waals surface area contributed by atoms with E-state index in [9.17, 15) is 4.79 Å². The lowest BCUT2D eigenvalue weighted by Crippen LogP contribution is -2.48. The highest BCUT2D eigenvalue weighted by Gasteiger charge is 2.31. The van der Waals surface area contributed by atoms with Gasteiger partial charge in [-0.3, -0.25) is 4.79 Å². The zero-order chi connectivity index (χ0) is 14.5. The minimum atomic E-state index is 0.180. The fraction of sp³-hybridized carbons (Fsp3) is 0.938. The van der Waals surface area contributed by atoms with E-state index in [1.54, 1.807) is 0 Å². The van der Waals surface area contributed by atoms with E-state index < -0.39 is 0 Å². The summed E-state index contributed by atoms with van der Waals surface area (Å²) in [7, 11) is 0. The molecule has 0 aromatic carbocycles. The zero-order valence-corrected chi connectivity index (χ0v) is 12.9. The van der Waals surface area contributed by atoms with E-state index in [1.807, 2.05) is 0 Å². The molecule has 1 amide bonds. The first-order chi connectivity index (χ1) is 10.3. The van der Waals surface area contributed by atoms with E-state index in [4.69, 9.17) is 9.47 Å². The Kier molecular flexibility index (Phi) is 5.49. The van der Waals surface area contributed by atoms with Crippen LogP contribution in [-0.2, 0) is 14.3 Å². The normalized spacial score (nSPS) is 30.7. The Hall–Kier alpha value is -0.650. The Morgan fingerprint density at radius 2 is 2.00 bits per heavy atom. The molecule has 2 unspecified atom stereocenters. The molecule has 3 rings (SSSR count).